The van der Waals surface area contributed by atoms with E-state index in [1.54, 1.807) is 30.5 Å². The molecule has 7 heteroatoms. The Hall–Kier alpha value is -3.61. The molecule has 0 atom stereocenters. The molecule has 0 radical (unpaired) electrons. The second kappa shape index (κ2) is 8.60. The molecular formula is C22H20FN3O3. The average Bonchev–Trinajstić information content (AvgIpc) is 3.22. The molecular weight excluding hydrogens is 373 g/mol. The van der Waals surface area contributed by atoms with Crippen LogP contribution in [0.2, 0.25) is 0 Å². The molecule has 1 amide bonds. The Morgan fingerprint density at radius 3 is 2.66 bits per heavy atom. The molecule has 0 unspecified atom stereocenters. The molecule has 0 bridgehead atoms. The zero-order chi connectivity index (χ0) is 20.1. The number of carbonyl (C=O) groups is 1. The van der Waals surface area contributed by atoms with E-state index in [0.29, 0.717) is 30.9 Å². The molecule has 29 heavy (non-hydrogen) atoms. The molecule has 1 aliphatic heterocycles. The van der Waals surface area contributed by atoms with Crippen molar-refractivity contribution in [1.82, 2.24) is 10.3 Å². The third-order valence-corrected chi connectivity index (χ3v) is 4.55. The summed E-state index contributed by atoms with van der Waals surface area (Å²) < 4.78 is 23.6. The van der Waals surface area contributed by atoms with Gasteiger partial charge in [-0.2, -0.15) is 0 Å². The summed E-state index contributed by atoms with van der Waals surface area (Å²) in [5.41, 5.74) is 2.50. The lowest BCUT2D eigenvalue weighted by Crippen LogP contribution is -2.25. The molecule has 0 saturated heterocycles. The molecule has 3 aromatic rings. The average molecular weight is 393 g/mol. The lowest BCUT2D eigenvalue weighted by atomic mass is 10.1. The quantitative estimate of drug-likeness (QED) is 0.643. The third-order valence-electron chi connectivity index (χ3n) is 4.55. The van der Waals surface area contributed by atoms with E-state index in [4.69, 9.17) is 9.47 Å². The van der Waals surface area contributed by atoms with E-state index in [1.165, 1.54) is 12.1 Å². The van der Waals surface area contributed by atoms with Crippen molar-refractivity contribution in [3.05, 3.63) is 83.3 Å². The lowest BCUT2D eigenvalue weighted by molar-refractivity contribution is 0.0954. The van der Waals surface area contributed by atoms with Gasteiger partial charge in [0.2, 0.25) is 6.79 Å². The van der Waals surface area contributed by atoms with Gasteiger partial charge in [0.1, 0.15) is 11.6 Å². The first kappa shape index (κ1) is 18.7. The maximum atomic E-state index is 12.9. The van der Waals surface area contributed by atoms with Gasteiger partial charge in [-0.3, -0.25) is 4.79 Å². The van der Waals surface area contributed by atoms with Crippen LogP contribution in [0.5, 0.6) is 11.5 Å². The van der Waals surface area contributed by atoms with Crippen molar-refractivity contribution in [1.29, 1.82) is 0 Å². The Kier molecular flexibility index (Phi) is 5.56. The highest BCUT2D eigenvalue weighted by Gasteiger charge is 2.13. The number of hydrogen-bond donors (Lipinski definition) is 2. The molecule has 0 aliphatic carbocycles. The fourth-order valence-electron chi connectivity index (χ4n) is 2.99. The molecule has 0 fully saturated rings. The molecule has 1 aliphatic rings. The van der Waals surface area contributed by atoms with Gasteiger partial charge in [0, 0.05) is 24.8 Å². The zero-order valence-corrected chi connectivity index (χ0v) is 15.7. The summed E-state index contributed by atoms with van der Waals surface area (Å²) >= 11 is 0. The van der Waals surface area contributed by atoms with Gasteiger partial charge in [-0.1, -0.05) is 18.2 Å². The summed E-state index contributed by atoms with van der Waals surface area (Å²) in [6, 6.07) is 15.4. The summed E-state index contributed by atoms with van der Waals surface area (Å²) in [7, 11) is 0. The van der Waals surface area contributed by atoms with E-state index in [2.05, 4.69) is 15.6 Å². The fourth-order valence-corrected chi connectivity index (χ4v) is 2.99. The molecule has 0 spiro atoms. The van der Waals surface area contributed by atoms with E-state index in [1.807, 2.05) is 18.2 Å². The molecule has 6 nitrogen and oxygen atoms in total. The molecule has 1 aromatic heterocycles. The molecule has 2 aromatic carbocycles. The summed E-state index contributed by atoms with van der Waals surface area (Å²) in [5, 5.41) is 6.08. The van der Waals surface area contributed by atoms with Crippen LogP contribution >= 0.6 is 0 Å². The molecule has 2 heterocycles. The van der Waals surface area contributed by atoms with Crippen molar-refractivity contribution in [2.24, 2.45) is 0 Å². The monoisotopic (exact) mass is 393 g/mol. The zero-order valence-electron chi connectivity index (χ0n) is 15.7. The highest BCUT2D eigenvalue weighted by Crippen LogP contribution is 2.32. The highest BCUT2D eigenvalue weighted by molar-refractivity contribution is 5.94. The summed E-state index contributed by atoms with van der Waals surface area (Å²) in [5.74, 6) is 1.63. The van der Waals surface area contributed by atoms with Crippen LogP contribution in [0.4, 0.5) is 10.2 Å². The number of pyridine rings is 1. The van der Waals surface area contributed by atoms with Crippen LogP contribution in [0.25, 0.3) is 0 Å². The van der Waals surface area contributed by atoms with Gasteiger partial charge in [-0.15, -0.1) is 0 Å². The van der Waals surface area contributed by atoms with Crippen molar-refractivity contribution < 1.29 is 18.7 Å². The van der Waals surface area contributed by atoms with Gasteiger partial charge in [0.15, 0.2) is 11.5 Å². The third kappa shape index (κ3) is 4.82. The van der Waals surface area contributed by atoms with Gasteiger partial charge in [0.25, 0.3) is 5.91 Å². The number of amides is 1. The van der Waals surface area contributed by atoms with E-state index < -0.39 is 0 Å². The second-order valence-electron chi connectivity index (χ2n) is 6.60. The Morgan fingerprint density at radius 1 is 1.00 bits per heavy atom. The number of rotatable bonds is 7. The first-order chi connectivity index (χ1) is 14.2. The summed E-state index contributed by atoms with van der Waals surface area (Å²) in [6.07, 6.45) is 2.23. The normalized spacial score (nSPS) is 11.9. The van der Waals surface area contributed by atoms with Crippen LogP contribution in [0.3, 0.4) is 0 Å². The van der Waals surface area contributed by atoms with E-state index in [0.717, 1.165) is 22.6 Å². The Morgan fingerprint density at radius 2 is 1.79 bits per heavy atom. The van der Waals surface area contributed by atoms with Gasteiger partial charge in [0.05, 0.1) is 0 Å². The van der Waals surface area contributed by atoms with Crippen LogP contribution in [0.1, 0.15) is 21.5 Å². The fraction of sp³-hybridized carbons (Fsp3) is 0.182. The van der Waals surface area contributed by atoms with Crippen molar-refractivity contribution in [3.63, 3.8) is 0 Å². The Balaban J connectivity index is 1.30. The number of carbonyl (C=O) groups excluding carboxylic acids is 1. The number of ether oxygens (including phenoxy) is 2. The Labute approximate surface area is 167 Å². The van der Waals surface area contributed by atoms with Gasteiger partial charge in [-0.05, 0) is 53.9 Å². The predicted octanol–water partition coefficient (Wildman–Crippen LogP) is 3.53. The number of anilines is 1. The van der Waals surface area contributed by atoms with Crippen LogP contribution in [0.15, 0.2) is 60.8 Å². The predicted molar refractivity (Wildman–Crippen MR) is 107 cm³/mol. The molecule has 0 saturated carbocycles. The van der Waals surface area contributed by atoms with Gasteiger partial charge in [-0.25, -0.2) is 9.37 Å². The molecule has 148 valence electrons. The highest BCUT2D eigenvalue weighted by atomic mass is 19.1. The second-order valence-corrected chi connectivity index (χ2v) is 6.60. The van der Waals surface area contributed by atoms with Crippen molar-refractivity contribution >= 4 is 11.7 Å². The van der Waals surface area contributed by atoms with E-state index >= 15 is 0 Å². The lowest BCUT2D eigenvalue weighted by Gasteiger charge is -2.09. The number of fused-ring (bicyclic) bond motifs is 1. The first-order valence-electron chi connectivity index (χ1n) is 9.28. The first-order valence-corrected chi connectivity index (χ1v) is 9.28. The van der Waals surface area contributed by atoms with Crippen molar-refractivity contribution in [2.75, 3.05) is 18.7 Å². The van der Waals surface area contributed by atoms with E-state index in [9.17, 15) is 9.18 Å². The Bertz CT molecular complexity index is 1010. The van der Waals surface area contributed by atoms with Crippen LogP contribution in [-0.2, 0) is 13.0 Å². The van der Waals surface area contributed by atoms with Crippen LogP contribution in [-0.4, -0.2) is 24.2 Å². The topological polar surface area (TPSA) is 72.5 Å². The SMILES string of the molecule is O=C(NCCc1ccc(F)cc1)c1ccnc(NCc2ccc3c(c2)OCO3)c1. The number of aromatic nitrogens is 1. The number of nitrogens with one attached hydrogen (secondary N) is 2. The van der Waals surface area contributed by atoms with Gasteiger partial charge >= 0.3 is 0 Å². The molecule has 4 rings (SSSR count). The number of halogens is 1. The standard InChI is InChI=1S/C22H20FN3O3/c23-18-4-1-15(2-5-18)7-9-25-22(27)17-8-10-24-21(12-17)26-13-16-3-6-19-20(11-16)29-14-28-19/h1-6,8,10-12H,7,9,13-14H2,(H,24,26)(H,25,27). The van der Waals surface area contributed by atoms with Crippen molar-refractivity contribution in [2.45, 2.75) is 13.0 Å². The van der Waals surface area contributed by atoms with E-state index in [-0.39, 0.29) is 18.5 Å². The number of nitrogens with zero attached hydrogens (tertiary/aromatic N) is 1. The minimum atomic E-state index is -0.268. The van der Waals surface area contributed by atoms with Gasteiger partial charge < -0.3 is 20.1 Å². The van der Waals surface area contributed by atoms with Crippen LogP contribution in [0, 0.1) is 5.82 Å². The maximum Gasteiger partial charge on any atom is 0.251 e. The number of benzene rings is 2. The van der Waals surface area contributed by atoms with Crippen LogP contribution < -0.4 is 20.1 Å². The number of hydrogen-bond acceptors (Lipinski definition) is 5. The minimum absolute atomic E-state index is 0.180. The smallest absolute Gasteiger partial charge is 0.251 e. The molecule has 2 N–H and O–H groups in total. The minimum Gasteiger partial charge on any atom is -0.454 e. The summed E-state index contributed by atoms with van der Waals surface area (Å²) in [4.78, 5) is 16.6. The van der Waals surface area contributed by atoms with Crippen molar-refractivity contribution in [3.8, 4) is 11.5 Å². The largest absolute Gasteiger partial charge is 0.454 e. The summed E-state index contributed by atoms with van der Waals surface area (Å²) in [6.45, 7) is 1.25. The maximum absolute atomic E-state index is 12.9.